The summed E-state index contributed by atoms with van der Waals surface area (Å²) >= 11 is 0. The highest BCUT2D eigenvalue weighted by atomic mass is 16.5. The number of amides is 1. The highest BCUT2D eigenvalue weighted by molar-refractivity contribution is 5.92. The summed E-state index contributed by atoms with van der Waals surface area (Å²) in [6.45, 7) is 6.45. The zero-order chi connectivity index (χ0) is 16.8. The summed E-state index contributed by atoms with van der Waals surface area (Å²) in [6.07, 6.45) is 0. The number of aryl methyl sites for hydroxylation is 2. The Balaban J connectivity index is 1.61. The quantitative estimate of drug-likeness (QED) is 0.855. The van der Waals surface area contributed by atoms with Crippen LogP contribution in [0.4, 0.5) is 0 Å². The number of fused-ring (bicyclic) bond motifs is 1. The molecule has 8 nitrogen and oxygen atoms in total. The predicted octanol–water partition coefficient (Wildman–Crippen LogP) is 0.291. The molecule has 2 atom stereocenters. The summed E-state index contributed by atoms with van der Waals surface area (Å²) < 4.78 is 6.65. The molecule has 2 aliphatic rings. The lowest BCUT2D eigenvalue weighted by Crippen LogP contribution is -2.30. The molecule has 1 N–H and O–H groups in total. The van der Waals surface area contributed by atoms with Crippen molar-refractivity contribution in [2.45, 2.75) is 13.8 Å². The standard InChI is InChI=1S/C16H19N5O3/c1-9-3-10(2)18-16(17-9)21-14(22)4-13(19-21)15(23)20-5-11-7-24-8-12(11)6-20/h3-4,11-12,19H,5-8H2,1-2H3/t11-,12+. The number of rotatable bonds is 2. The lowest BCUT2D eigenvalue weighted by molar-refractivity contribution is 0.0745. The topological polar surface area (TPSA) is 93.1 Å². The molecule has 2 aromatic heterocycles. The summed E-state index contributed by atoms with van der Waals surface area (Å²) in [5.74, 6) is 0.906. The number of H-pyrrole nitrogens is 1. The Labute approximate surface area is 138 Å². The maximum absolute atomic E-state index is 12.7. The molecule has 4 rings (SSSR count). The Bertz CT molecular complexity index is 823. The van der Waals surface area contributed by atoms with Crippen LogP contribution in [0, 0.1) is 25.7 Å². The third kappa shape index (κ3) is 2.52. The Morgan fingerprint density at radius 2 is 1.79 bits per heavy atom. The maximum atomic E-state index is 12.7. The molecule has 0 bridgehead atoms. The smallest absolute Gasteiger partial charge is 0.274 e. The van der Waals surface area contributed by atoms with E-state index in [9.17, 15) is 9.59 Å². The van der Waals surface area contributed by atoms with E-state index in [1.54, 1.807) is 4.90 Å². The Morgan fingerprint density at radius 1 is 1.17 bits per heavy atom. The Kier molecular flexibility index (Phi) is 3.49. The van der Waals surface area contributed by atoms with Gasteiger partial charge in [0, 0.05) is 42.4 Å². The van der Waals surface area contributed by atoms with Crippen molar-refractivity contribution in [1.29, 1.82) is 0 Å². The van der Waals surface area contributed by atoms with Crippen LogP contribution in [0.1, 0.15) is 21.9 Å². The van der Waals surface area contributed by atoms with E-state index >= 15 is 0 Å². The van der Waals surface area contributed by atoms with Crippen LogP contribution in [-0.4, -0.2) is 56.9 Å². The van der Waals surface area contributed by atoms with Gasteiger partial charge >= 0.3 is 0 Å². The molecule has 1 amide bonds. The maximum Gasteiger partial charge on any atom is 0.274 e. The summed E-state index contributed by atoms with van der Waals surface area (Å²) in [5.41, 5.74) is 1.45. The van der Waals surface area contributed by atoms with Gasteiger partial charge in [0.05, 0.1) is 13.2 Å². The minimum absolute atomic E-state index is 0.162. The number of hydrogen-bond acceptors (Lipinski definition) is 5. The molecule has 0 radical (unpaired) electrons. The highest BCUT2D eigenvalue weighted by Crippen LogP contribution is 2.29. The number of aromatic nitrogens is 4. The van der Waals surface area contributed by atoms with E-state index in [4.69, 9.17) is 4.74 Å². The summed E-state index contributed by atoms with van der Waals surface area (Å²) in [6, 6.07) is 3.14. The Morgan fingerprint density at radius 3 is 2.42 bits per heavy atom. The molecular weight excluding hydrogens is 310 g/mol. The van der Waals surface area contributed by atoms with Gasteiger partial charge in [-0.25, -0.2) is 9.97 Å². The van der Waals surface area contributed by atoms with Gasteiger partial charge in [0.15, 0.2) is 0 Å². The molecule has 2 aliphatic heterocycles. The van der Waals surface area contributed by atoms with Gasteiger partial charge in [-0.15, -0.1) is 0 Å². The fourth-order valence-electron chi connectivity index (χ4n) is 3.48. The SMILES string of the molecule is Cc1cc(C)nc(-n2[nH]c(C(=O)N3C[C@H]4COC[C@H]4C3)cc2=O)n1. The minimum Gasteiger partial charge on any atom is -0.381 e. The lowest BCUT2D eigenvalue weighted by atomic mass is 10.0. The largest absolute Gasteiger partial charge is 0.381 e. The molecule has 4 heterocycles. The lowest BCUT2D eigenvalue weighted by Gasteiger charge is -2.16. The van der Waals surface area contributed by atoms with Crippen molar-refractivity contribution in [3.63, 3.8) is 0 Å². The number of aromatic amines is 1. The van der Waals surface area contributed by atoms with Crippen molar-refractivity contribution in [2.75, 3.05) is 26.3 Å². The van der Waals surface area contributed by atoms with E-state index in [2.05, 4.69) is 15.1 Å². The normalized spacial score (nSPS) is 22.8. The summed E-state index contributed by atoms with van der Waals surface area (Å²) in [4.78, 5) is 35.2. The molecule has 2 aromatic rings. The molecule has 126 valence electrons. The number of carbonyl (C=O) groups excluding carboxylic acids is 1. The molecule has 2 fully saturated rings. The van der Waals surface area contributed by atoms with Gasteiger partial charge in [0.2, 0.25) is 0 Å². The van der Waals surface area contributed by atoms with Gasteiger partial charge < -0.3 is 9.64 Å². The molecule has 0 saturated carbocycles. The second-order valence-electron chi connectivity index (χ2n) is 6.56. The van der Waals surface area contributed by atoms with Crippen LogP contribution < -0.4 is 5.56 Å². The zero-order valence-corrected chi connectivity index (χ0v) is 13.7. The van der Waals surface area contributed by atoms with Gasteiger partial charge in [-0.1, -0.05) is 0 Å². The summed E-state index contributed by atoms with van der Waals surface area (Å²) in [5, 5.41) is 2.85. The zero-order valence-electron chi connectivity index (χ0n) is 13.7. The second kappa shape index (κ2) is 5.55. The average Bonchev–Trinajstić information content (AvgIpc) is 3.19. The predicted molar refractivity (Wildman–Crippen MR) is 85.2 cm³/mol. The van der Waals surface area contributed by atoms with E-state index in [1.165, 1.54) is 10.7 Å². The molecule has 24 heavy (non-hydrogen) atoms. The minimum atomic E-state index is -0.342. The van der Waals surface area contributed by atoms with Crippen LogP contribution in [0.2, 0.25) is 0 Å². The van der Waals surface area contributed by atoms with E-state index in [1.807, 2.05) is 19.9 Å². The van der Waals surface area contributed by atoms with Gasteiger partial charge in [-0.05, 0) is 19.9 Å². The van der Waals surface area contributed by atoms with Crippen molar-refractivity contribution in [2.24, 2.45) is 11.8 Å². The van der Waals surface area contributed by atoms with E-state index in [-0.39, 0.29) is 23.1 Å². The van der Waals surface area contributed by atoms with Crippen LogP contribution in [0.3, 0.4) is 0 Å². The number of nitrogens with one attached hydrogen (secondary N) is 1. The number of ether oxygens (including phenoxy) is 1. The van der Waals surface area contributed by atoms with Gasteiger partial charge in [-0.3, -0.25) is 14.7 Å². The van der Waals surface area contributed by atoms with Crippen LogP contribution in [-0.2, 0) is 4.74 Å². The van der Waals surface area contributed by atoms with Crippen molar-refractivity contribution < 1.29 is 9.53 Å². The second-order valence-corrected chi connectivity index (χ2v) is 6.56. The number of carbonyl (C=O) groups is 1. The number of hydrogen-bond donors (Lipinski definition) is 1. The van der Waals surface area contributed by atoms with Gasteiger partial charge in [0.25, 0.3) is 17.4 Å². The first-order chi connectivity index (χ1) is 11.5. The van der Waals surface area contributed by atoms with Crippen LogP contribution in [0.15, 0.2) is 16.9 Å². The average molecular weight is 329 g/mol. The van der Waals surface area contributed by atoms with E-state index in [0.717, 1.165) is 11.4 Å². The number of nitrogens with zero attached hydrogens (tertiary/aromatic N) is 4. The van der Waals surface area contributed by atoms with Crippen molar-refractivity contribution in [3.8, 4) is 5.95 Å². The van der Waals surface area contributed by atoms with Crippen molar-refractivity contribution in [1.82, 2.24) is 24.6 Å². The summed E-state index contributed by atoms with van der Waals surface area (Å²) in [7, 11) is 0. The molecule has 0 spiro atoms. The highest BCUT2D eigenvalue weighted by Gasteiger charge is 2.39. The van der Waals surface area contributed by atoms with Crippen LogP contribution in [0.5, 0.6) is 0 Å². The Hall–Kier alpha value is -2.48. The first kappa shape index (κ1) is 15.1. The third-order valence-corrected chi connectivity index (χ3v) is 4.65. The van der Waals surface area contributed by atoms with Crippen molar-refractivity contribution >= 4 is 5.91 Å². The molecule has 0 aliphatic carbocycles. The first-order valence-electron chi connectivity index (χ1n) is 8.03. The van der Waals surface area contributed by atoms with E-state index in [0.29, 0.717) is 38.1 Å². The third-order valence-electron chi connectivity index (χ3n) is 4.65. The molecule has 0 aromatic carbocycles. The number of likely N-dealkylation sites (tertiary alicyclic amines) is 1. The monoisotopic (exact) mass is 329 g/mol. The van der Waals surface area contributed by atoms with Crippen LogP contribution >= 0.6 is 0 Å². The first-order valence-corrected chi connectivity index (χ1v) is 8.03. The van der Waals surface area contributed by atoms with E-state index < -0.39 is 0 Å². The fraction of sp³-hybridized carbons (Fsp3) is 0.500. The van der Waals surface area contributed by atoms with Crippen molar-refractivity contribution in [3.05, 3.63) is 39.6 Å². The van der Waals surface area contributed by atoms with Gasteiger partial charge in [0.1, 0.15) is 5.69 Å². The molecule has 0 unspecified atom stereocenters. The van der Waals surface area contributed by atoms with Gasteiger partial charge in [-0.2, -0.15) is 4.68 Å². The fourth-order valence-corrected chi connectivity index (χ4v) is 3.48. The molecule has 8 heteroatoms. The molecular formula is C16H19N5O3. The van der Waals surface area contributed by atoms with Crippen LogP contribution in [0.25, 0.3) is 5.95 Å². The molecule has 2 saturated heterocycles.